The van der Waals surface area contributed by atoms with Crippen LogP contribution in [0.4, 0.5) is 0 Å². The third kappa shape index (κ3) is 3.83. The first kappa shape index (κ1) is 26.4. The molecule has 1 aliphatic carbocycles. The lowest BCUT2D eigenvalue weighted by Gasteiger charge is -2.33. The molecule has 1 N–H and O–H groups in total. The molecule has 0 saturated heterocycles. The first-order chi connectivity index (χ1) is 22.1. The Morgan fingerprint density at radius 2 is 0.800 bits per heavy atom. The van der Waals surface area contributed by atoms with Crippen LogP contribution in [0.5, 0.6) is 0 Å². The van der Waals surface area contributed by atoms with Crippen molar-refractivity contribution in [2.24, 2.45) is 0 Å². The average molecular weight is 640 g/mol. The molecule has 8 aromatic rings. The lowest BCUT2D eigenvalue weighted by atomic mass is 9.75. The minimum absolute atomic E-state index is 0.856. The molecule has 1 unspecified atom stereocenters. The van der Waals surface area contributed by atoms with E-state index in [0.717, 1.165) is 54.5 Å². The van der Waals surface area contributed by atoms with Gasteiger partial charge in [0.2, 0.25) is 0 Å². The first-order valence-electron chi connectivity index (χ1n) is 15.3. The van der Waals surface area contributed by atoms with Gasteiger partial charge in [-0.15, -0.1) is 0 Å². The first-order valence-corrected chi connectivity index (χ1v) is 16.1. The highest BCUT2D eigenvalue weighted by atomic mass is 79.9. The van der Waals surface area contributed by atoms with E-state index >= 15 is 0 Å². The summed E-state index contributed by atoms with van der Waals surface area (Å²) < 4.78 is 0.929. The maximum Gasteiger partial charge on any atom is 0.142 e. The van der Waals surface area contributed by atoms with Gasteiger partial charge < -0.3 is 5.11 Å². The van der Waals surface area contributed by atoms with Crippen molar-refractivity contribution >= 4 is 48.2 Å². The van der Waals surface area contributed by atoms with Crippen LogP contribution in [-0.2, 0) is 5.60 Å². The summed E-state index contributed by atoms with van der Waals surface area (Å²) in [6, 6.07) is 55.6. The molecule has 0 saturated carbocycles. The fourth-order valence-electron chi connectivity index (χ4n) is 7.60. The van der Waals surface area contributed by atoms with Gasteiger partial charge in [-0.3, -0.25) is 0 Å². The fraction of sp³-hybridized carbons (Fsp3) is 0.0233. The van der Waals surface area contributed by atoms with Crippen molar-refractivity contribution in [3.8, 4) is 33.4 Å². The molecule has 0 aromatic heterocycles. The summed E-state index contributed by atoms with van der Waals surface area (Å²) in [7, 11) is 0. The van der Waals surface area contributed by atoms with E-state index in [4.69, 9.17) is 0 Å². The van der Waals surface area contributed by atoms with E-state index in [1.165, 1.54) is 32.3 Å². The van der Waals surface area contributed by atoms with E-state index in [-0.39, 0.29) is 0 Å². The van der Waals surface area contributed by atoms with Gasteiger partial charge in [-0.2, -0.15) is 0 Å². The van der Waals surface area contributed by atoms with Crippen molar-refractivity contribution in [3.63, 3.8) is 0 Å². The summed E-state index contributed by atoms with van der Waals surface area (Å²) in [5.74, 6) is 0. The normalized spacial score (nSPS) is 15.4. The van der Waals surface area contributed by atoms with Crippen LogP contribution >= 0.6 is 15.9 Å². The van der Waals surface area contributed by atoms with Gasteiger partial charge in [0.1, 0.15) is 5.60 Å². The summed E-state index contributed by atoms with van der Waals surface area (Å²) in [6.07, 6.45) is 0. The number of hydrogen-bond donors (Lipinski definition) is 1. The molecule has 0 spiro atoms. The number of hydrogen-bond acceptors (Lipinski definition) is 1. The molecule has 2 heteroatoms. The van der Waals surface area contributed by atoms with Crippen LogP contribution < -0.4 is 0 Å². The minimum Gasteiger partial charge on any atom is -0.376 e. The van der Waals surface area contributed by atoms with Gasteiger partial charge in [0, 0.05) is 21.2 Å². The monoisotopic (exact) mass is 638 g/mol. The maximum absolute atomic E-state index is 13.5. The summed E-state index contributed by atoms with van der Waals surface area (Å²) in [5, 5.41) is 20.9. The standard InChI is InChI=1S/C43H27BrO/c44-28-22-24-38-34-16-5-4-15-33(34)37-18-8-10-20-41(37)43(45,42(38)26-28)40-19-9-7-11-29(40)27-21-23-36-32-14-2-1-12-30(32)31-13-3-6-17-35(31)39(36)25-27/h1-26,45H. The molecule has 0 radical (unpaired) electrons. The summed E-state index contributed by atoms with van der Waals surface area (Å²) in [5.41, 5.74) is 7.54. The van der Waals surface area contributed by atoms with Crippen molar-refractivity contribution in [1.82, 2.24) is 0 Å². The Kier molecular flexibility index (Phi) is 5.86. The quantitative estimate of drug-likeness (QED) is 0.187. The molecule has 1 aliphatic rings. The van der Waals surface area contributed by atoms with Crippen molar-refractivity contribution in [3.05, 3.63) is 179 Å². The molecule has 0 amide bonds. The van der Waals surface area contributed by atoms with Gasteiger partial charge in [0.25, 0.3) is 0 Å². The van der Waals surface area contributed by atoms with E-state index in [2.05, 4.69) is 162 Å². The zero-order valence-corrected chi connectivity index (χ0v) is 25.9. The van der Waals surface area contributed by atoms with Gasteiger partial charge in [-0.05, 0) is 83.9 Å². The lowest BCUT2D eigenvalue weighted by Crippen LogP contribution is -2.30. The van der Waals surface area contributed by atoms with Gasteiger partial charge in [-0.25, -0.2) is 0 Å². The smallest absolute Gasteiger partial charge is 0.142 e. The van der Waals surface area contributed by atoms with Gasteiger partial charge in [0.05, 0.1) is 0 Å². The van der Waals surface area contributed by atoms with Gasteiger partial charge in [-0.1, -0.05) is 155 Å². The largest absolute Gasteiger partial charge is 0.376 e. The second-order valence-electron chi connectivity index (χ2n) is 11.9. The van der Waals surface area contributed by atoms with Gasteiger partial charge in [0.15, 0.2) is 0 Å². The van der Waals surface area contributed by atoms with Crippen LogP contribution in [0.3, 0.4) is 0 Å². The molecule has 9 rings (SSSR count). The Morgan fingerprint density at radius 1 is 0.356 bits per heavy atom. The summed E-state index contributed by atoms with van der Waals surface area (Å²) >= 11 is 3.74. The Morgan fingerprint density at radius 3 is 1.42 bits per heavy atom. The van der Waals surface area contributed by atoms with E-state index in [9.17, 15) is 5.11 Å². The maximum atomic E-state index is 13.5. The zero-order chi connectivity index (χ0) is 30.1. The zero-order valence-electron chi connectivity index (χ0n) is 24.3. The predicted octanol–water partition coefficient (Wildman–Crippen LogP) is 11.5. The number of rotatable bonds is 2. The van der Waals surface area contributed by atoms with Crippen molar-refractivity contribution in [2.45, 2.75) is 5.60 Å². The van der Waals surface area contributed by atoms with Crippen LogP contribution in [-0.4, -0.2) is 5.11 Å². The Hall–Kier alpha value is -5.02. The van der Waals surface area contributed by atoms with Crippen LogP contribution in [0.25, 0.3) is 65.7 Å². The molecule has 0 aliphatic heterocycles. The van der Waals surface area contributed by atoms with Crippen LogP contribution in [0.15, 0.2) is 162 Å². The minimum atomic E-state index is -1.42. The van der Waals surface area contributed by atoms with Crippen LogP contribution in [0.1, 0.15) is 16.7 Å². The number of aliphatic hydroxyl groups is 1. The lowest BCUT2D eigenvalue weighted by molar-refractivity contribution is 0.127. The van der Waals surface area contributed by atoms with Crippen LogP contribution in [0, 0.1) is 0 Å². The average Bonchev–Trinajstić information content (AvgIpc) is 3.20. The van der Waals surface area contributed by atoms with Crippen molar-refractivity contribution in [1.29, 1.82) is 0 Å². The van der Waals surface area contributed by atoms with Crippen molar-refractivity contribution < 1.29 is 5.11 Å². The fourth-order valence-corrected chi connectivity index (χ4v) is 7.96. The van der Waals surface area contributed by atoms with Gasteiger partial charge >= 0.3 is 0 Å². The topological polar surface area (TPSA) is 20.2 Å². The summed E-state index contributed by atoms with van der Waals surface area (Å²) in [4.78, 5) is 0. The number of benzene rings is 8. The van der Waals surface area contributed by atoms with E-state index in [0.29, 0.717) is 0 Å². The highest BCUT2D eigenvalue weighted by Gasteiger charge is 2.42. The number of fused-ring (bicyclic) bond motifs is 11. The Balaban J connectivity index is 1.37. The molecule has 1 nitrogen and oxygen atoms in total. The summed E-state index contributed by atoms with van der Waals surface area (Å²) in [6.45, 7) is 0. The SMILES string of the molecule is OC1(c2ccccc2-c2ccc3c4ccccc4c4ccccc4c3c2)c2ccccc2-c2ccccc2-c2ccc(Br)cc21. The second-order valence-corrected chi connectivity index (χ2v) is 12.8. The van der Waals surface area contributed by atoms with E-state index < -0.39 is 5.60 Å². The van der Waals surface area contributed by atoms with E-state index in [1.54, 1.807) is 0 Å². The predicted molar refractivity (Wildman–Crippen MR) is 192 cm³/mol. The number of halogens is 1. The molecule has 45 heavy (non-hydrogen) atoms. The third-order valence-electron chi connectivity index (χ3n) is 9.57. The molecule has 1 atom stereocenters. The molecular formula is C43H27BrO. The molecule has 212 valence electrons. The molecular weight excluding hydrogens is 612 g/mol. The molecule has 0 bridgehead atoms. The van der Waals surface area contributed by atoms with E-state index in [1.807, 2.05) is 12.1 Å². The Labute approximate surface area is 270 Å². The third-order valence-corrected chi connectivity index (χ3v) is 10.1. The highest BCUT2D eigenvalue weighted by molar-refractivity contribution is 9.10. The van der Waals surface area contributed by atoms with Crippen molar-refractivity contribution in [2.75, 3.05) is 0 Å². The highest BCUT2D eigenvalue weighted by Crippen LogP contribution is 2.52. The molecule has 0 heterocycles. The molecule has 0 fully saturated rings. The molecule has 8 aromatic carbocycles. The Bertz CT molecular complexity index is 2440. The second kappa shape index (κ2) is 10.0. The van der Waals surface area contributed by atoms with Crippen LogP contribution in [0.2, 0.25) is 0 Å².